The van der Waals surface area contributed by atoms with Crippen molar-refractivity contribution in [3.8, 4) is 0 Å². The maximum Gasteiger partial charge on any atom is 0.100 e. The molecule has 4 heteroatoms. The summed E-state index contributed by atoms with van der Waals surface area (Å²) in [5.41, 5.74) is 11.7. The van der Waals surface area contributed by atoms with Crippen LogP contribution in [0.1, 0.15) is 12.8 Å². The van der Waals surface area contributed by atoms with Crippen molar-refractivity contribution in [2.45, 2.75) is 37.1 Å². The van der Waals surface area contributed by atoms with Gasteiger partial charge in [0.05, 0.1) is 0 Å². The zero-order valence-electron chi connectivity index (χ0n) is 7.11. The van der Waals surface area contributed by atoms with Crippen molar-refractivity contribution in [1.29, 1.82) is 0 Å². The summed E-state index contributed by atoms with van der Waals surface area (Å²) < 4.78 is 11.0. The fraction of sp³-hybridized carbons (Fsp3) is 1.00. The van der Waals surface area contributed by atoms with Gasteiger partial charge in [0.25, 0.3) is 0 Å². The molecule has 0 aliphatic carbocycles. The van der Waals surface area contributed by atoms with Gasteiger partial charge in [0.2, 0.25) is 0 Å². The van der Waals surface area contributed by atoms with Gasteiger partial charge in [-0.2, -0.15) is 0 Å². The molecule has 2 fully saturated rings. The molecular weight excluding hydrogens is 156 g/mol. The van der Waals surface area contributed by atoms with Crippen LogP contribution < -0.4 is 11.5 Å². The lowest BCUT2D eigenvalue weighted by Gasteiger charge is -2.24. The average molecular weight is 172 g/mol. The Kier molecular flexibility index (Phi) is 2.32. The Hall–Kier alpha value is -0.160. The first-order valence-electron chi connectivity index (χ1n) is 4.53. The van der Waals surface area contributed by atoms with Crippen molar-refractivity contribution >= 4 is 0 Å². The van der Waals surface area contributed by atoms with Gasteiger partial charge < -0.3 is 20.9 Å². The van der Waals surface area contributed by atoms with Crippen LogP contribution in [0.3, 0.4) is 0 Å². The SMILES string of the molecule is NC1CCOC1C1OCCC1N. The van der Waals surface area contributed by atoms with Gasteiger partial charge in [0.15, 0.2) is 0 Å². The van der Waals surface area contributed by atoms with Crippen LogP contribution in [0.4, 0.5) is 0 Å². The molecule has 4 unspecified atom stereocenters. The summed E-state index contributed by atoms with van der Waals surface area (Å²) in [6, 6.07) is 0.221. The highest BCUT2D eigenvalue weighted by Crippen LogP contribution is 2.23. The van der Waals surface area contributed by atoms with Gasteiger partial charge in [-0.1, -0.05) is 0 Å². The highest BCUT2D eigenvalue weighted by molar-refractivity contribution is 4.93. The smallest absolute Gasteiger partial charge is 0.100 e. The van der Waals surface area contributed by atoms with E-state index in [0.717, 1.165) is 26.1 Å². The minimum absolute atomic E-state index is 0.0301. The third-order valence-electron chi connectivity index (χ3n) is 2.69. The van der Waals surface area contributed by atoms with E-state index in [4.69, 9.17) is 20.9 Å². The second kappa shape index (κ2) is 3.30. The number of hydrogen-bond acceptors (Lipinski definition) is 4. The van der Waals surface area contributed by atoms with E-state index >= 15 is 0 Å². The summed E-state index contributed by atoms with van der Waals surface area (Å²) in [5, 5.41) is 0. The zero-order chi connectivity index (χ0) is 8.55. The molecule has 2 saturated heterocycles. The third-order valence-corrected chi connectivity index (χ3v) is 2.69. The standard InChI is InChI=1S/C8H16N2O2/c9-5-1-3-11-7(5)8-6(10)2-4-12-8/h5-8H,1-4,9-10H2. The second-order valence-electron chi connectivity index (χ2n) is 3.58. The summed E-state index contributed by atoms with van der Waals surface area (Å²) in [6.45, 7) is 1.50. The topological polar surface area (TPSA) is 70.5 Å². The number of ether oxygens (including phenoxy) is 2. The molecule has 0 spiro atoms. The van der Waals surface area contributed by atoms with E-state index < -0.39 is 0 Å². The second-order valence-corrected chi connectivity index (χ2v) is 3.58. The molecule has 0 radical (unpaired) electrons. The molecule has 70 valence electrons. The number of rotatable bonds is 1. The lowest BCUT2D eigenvalue weighted by molar-refractivity contribution is -0.0272. The first kappa shape index (κ1) is 8.44. The van der Waals surface area contributed by atoms with Crippen LogP contribution >= 0.6 is 0 Å². The van der Waals surface area contributed by atoms with E-state index in [1.807, 2.05) is 0 Å². The fourth-order valence-electron chi connectivity index (χ4n) is 1.93. The van der Waals surface area contributed by atoms with Crippen molar-refractivity contribution in [3.05, 3.63) is 0 Å². The van der Waals surface area contributed by atoms with Crippen molar-refractivity contribution < 1.29 is 9.47 Å². The molecule has 0 amide bonds. The largest absolute Gasteiger partial charge is 0.374 e. The van der Waals surface area contributed by atoms with Crippen LogP contribution in [0.5, 0.6) is 0 Å². The van der Waals surface area contributed by atoms with Gasteiger partial charge in [0.1, 0.15) is 12.2 Å². The van der Waals surface area contributed by atoms with Crippen molar-refractivity contribution in [3.63, 3.8) is 0 Å². The Morgan fingerprint density at radius 3 is 1.50 bits per heavy atom. The molecule has 0 saturated carbocycles. The Morgan fingerprint density at radius 1 is 0.833 bits per heavy atom. The normalized spacial score (nSPS) is 48.5. The Labute approximate surface area is 72.2 Å². The van der Waals surface area contributed by atoms with Crippen LogP contribution in [-0.2, 0) is 9.47 Å². The van der Waals surface area contributed by atoms with Crippen LogP contribution in [0, 0.1) is 0 Å². The zero-order valence-corrected chi connectivity index (χ0v) is 7.11. The van der Waals surface area contributed by atoms with Gasteiger partial charge in [-0.15, -0.1) is 0 Å². The quantitative estimate of drug-likeness (QED) is 0.544. The molecular formula is C8H16N2O2. The average Bonchev–Trinajstić information content (AvgIpc) is 2.59. The van der Waals surface area contributed by atoms with E-state index in [1.54, 1.807) is 0 Å². The minimum atomic E-state index is 0.0301. The number of hydrogen-bond donors (Lipinski definition) is 2. The lowest BCUT2D eigenvalue weighted by Crippen LogP contribution is -2.47. The first-order valence-corrected chi connectivity index (χ1v) is 4.53. The van der Waals surface area contributed by atoms with E-state index in [2.05, 4.69) is 0 Å². The Morgan fingerprint density at radius 2 is 1.25 bits per heavy atom. The van der Waals surface area contributed by atoms with Crippen LogP contribution in [0.25, 0.3) is 0 Å². The highest BCUT2D eigenvalue weighted by Gasteiger charge is 2.39. The van der Waals surface area contributed by atoms with Crippen LogP contribution in [0.2, 0.25) is 0 Å². The summed E-state index contributed by atoms with van der Waals surface area (Å²) >= 11 is 0. The van der Waals surface area contributed by atoms with Gasteiger partial charge in [-0.25, -0.2) is 0 Å². The molecule has 4 atom stereocenters. The molecule has 0 aromatic rings. The highest BCUT2D eigenvalue weighted by atomic mass is 16.5. The molecule has 2 heterocycles. The predicted molar refractivity (Wildman–Crippen MR) is 44.7 cm³/mol. The number of nitrogens with two attached hydrogens (primary N) is 2. The van der Waals surface area contributed by atoms with E-state index in [-0.39, 0.29) is 24.3 Å². The fourth-order valence-corrected chi connectivity index (χ4v) is 1.93. The van der Waals surface area contributed by atoms with Crippen molar-refractivity contribution in [1.82, 2.24) is 0 Å². The molecule has 2 rings (SSSR count). The maximum absolute atomic E-state index is 5.86. The Balaban J connectivity index is 1.98. The molecule has 0 aromatic heterocycles. The summed E-state index contributed by atoms with van der Waals surface area (Å²) in [7, 11) is 0. The third kappa shape index (κ3) is 1.35. The molecule has 4 N–H and O–H groups in total. The van der Waals surface area contributed by atoms with Crippen LogP contribution in [-0.4, -0.2) is 37.5 Å². The predicted octanol–water partition coefficient (Wildman–Crippen LogP) is -0.781. The van der Waals surface area contributed by atoms with Gasteiger partial charge >= 0.3 is 0 Å². The maximum atomic E-state index is 5.86. The van der Waals surface area contributed by atoms with E-state index in [1.165, 1.54) is 0 Å². The van der Waals surface area contributed by atoms with Crippen molar-refractivity contribution in [2.24, 2.45) is 11.5 Å². The van der Waals surface area contributed by atoms with Crippen LogP contribution in [0.15, 0.2) is 0 Å². The summed E-state index contributed by atoms with van der Waals surface area (Å²) in [4.78, 5) is 0. The van der Waals surface area contributed by atoms with Gasteiger partial charge in [0, 0.05) is 25.3 Å². The Bertz CT molecular complexity index is 147. The molecule has 2 aliphatic heterocycles. The minimum Gasteiger partial charge on any atom is -0.374 e. The van der Waals surface area contributed by atoms with Gasteiger partial charge in [-0.05, 0) is 12.8 Å². The van der Waals surface area contributed by atoms with Gasteiger partial charge in [-0.3, -0.25) is 0 Å². The molecule has 0 bridgehead atoms. The summed E-state index contributed by atoms with van der Waals surface area (Å²) in [6.07, 6.45) is 1.92. The molecule has 4 nitrogen and oxygen atoms in total. The van der Waals surface area contributed by atoms with E-state index in [0.29, 0.717) is 0 Å². The molecule has 2 aliphatic rings. The van der Waals surface area contributed by atoms with E-state index in [9.17, 15) is 0 Å². The molecule has 0 aromatic carbocycles. The lowest BCUT2D eigenvalue weighted by atomic mass is 10.0. The first-order chi connectivity index (χ1) is 5.79. The monoisotopic (exact) mass is 172 g/mol. The summed E-state index contributed by atoms with van der Waals surface area (Å²) in [5.74, 6) is 0. The molecule has 12 heavy (non-hydrogen) atoms. The van der Waals surface area contributed by atoms with Crippen molar-refractivity contribution in [2.75, 3.05) is 13.2 Å².